The zero-order valence-electron chi connectivity index (χ0n) is 10.5. The molecule has 19 heavy (non-hydrogen) atoms. The van der Waals surface area contributed by atoms with Crippen molar-refractivity contribution in [3.05, 3.63) is 36.7 Å². The summed E-state index contributed by atoms with van der Waals surface area (Å²) in [5.41, 5.74) is 0.736. The highest BCUT2D eigenvalue weighted by molar-refractivity contribution is 6.18. The lowest BCUT2D eigenvalue weighted by Gasteiger charge is -2.16. The minimum absolute atomic E-state index is 0.366. The second-order valence-electron chi connectivity index (χ2n) is 3.91. The first-order chi connectivity index (χ1) is 9.22. The molecule has 0 saturated heterocycles. The van der Waals surface area contributed by atoms with Crippen LogP contribution in [0.15, 0.2) is 36.7 Å². The summed E-state index contributed by atoms with van der Waals surface area (Å²) >= 11 is 5.59. The number of benzene rings is 1. The molecule has 1 heterocycles. The Kier molecular flexibility index (Phi) is 4.41. The van der Waals surface area contributed by atoms with Crippen molar-refractivity contribution in [3.63, 3.8) is 0 Å². The molecule has 0 atom stereocenters. The molecule has 2 aromatic rings. The van der Waals surface area contributed by atoms with Crippen LogP contribution in [0.5, 0.6) is 5.75 Å². The summed E-state index contributed by atoms with van der Waals surface area (Å²) in [5.74, 6) is 1.48. The Bertz CT molecular complexity index is 543. The Balaban J connectivity index is 2.19. The van der Waals surface area contributed by atoms with E-state index in [2.05, 4.69) is 9.97 Å². The summed E-state index contributed by atoms with van der Waals surface area (Å²) in [5, 5.41) is 0. The second kappa shape index (κ2) is 6.24. The Morgan fingerprint density at radius 1 is 1.47 bits per heavy atom. The Morgan fingerprint density at radius 3 is 2.95 bits per heavy atom. The molecule has 0 saturated carbocycles. The molecule has 1 amide bonds. The molecule has 5 nitrogen and oxygen atoms in total. The largest absolute Gasteiger partial charge is 0.415 e. The van der Waals surface area contributed by atoms with E-state index in [1.807, 2.05) is 12.1 Å². The lowest BCUT2D eigenvalue weighted by molar-refractivity contribution is 0.165. The van der Waals surface area contributed by atoms with Crippen LogP contribution in [0.4, 0.5) is 4.79 Å². The number of halogens is 1. The number of imidazole rings is 1. The van der Waals surface area contributed by atoms with E-state index < -0.39 is 6.09 Å². The smallest absolute Gasteiger partial charge is 0.409 e. The van der Waals surface area contributed by atoms with E-state index in [9.17, 15) is 4.79 Å². The Hall–Kier alpha value is -2.01. The Morgan fingerprint density at radius 2 is 2.26 bits per heavy atom. The van der Waals surface area contributed by atoms with Gasteiger partial charge in [0.05, 0.1) is 5.56 Å². The number of nitrogens with one attached hydrogen (secondary N) is 1. The molecule has 0 fully saturated rings. The van der Waals surface area contributed by atoms with Gasteiger partial charge in [-0.1, -0.05) is 12.1 Å². The SMILES string of the molecule is CN(CCCl)C(=O)Oc1ccccc1-c1ncc[nH]1. The lowest BCUT2D eigenvalue weighted by atomic mass is 10.2. The number of hydrogen-bond acceptors (Lipinski definition) is 3. The van der Waals surface area contributed by atoms with Crippen LogP contribution in [-0.2, 0) is 0 Å². The third kappa shape index (κ3) is 3.26. The van der Waals surface area contributed by atoms with Gasteiger partial charge in [0.25, 0.3) is 0 Å². The number of carbonyl (C=O) groups excluding carboxylic acids is 1. The molecular formula is C13H14ClN3O2. The van der Waals surface area contributed by atoms with Crippen molar-refractivity contribution in [1.82, 2.24) is 14.9 Å². The van der Waals surface area contributed by atoms with Crippen molar-refractivity contribution >= 4 is 17.7 Å². The zero-order chi connectivity index (χ0) is 13.7. The number of ether oxygens (including phenoxy) is 1. The summed E-state index contributed by atoms with van der Waals surface area (Å²) in [7, 11) is 1.64. The van der Waals surface area contributed by atoms with Crippen molar-refractivity contribution in [2.24, 2.45) is 0 Å². The van der Waals surface area contributed by atoms with E-state index >= 15 is 0 Å². The van der Waals surface area contributed by atoms with E-state index in [1.165, 1.54) is 4.90 Å². The average molecular weight is 280 g/mol. The third-order valence-electron chi connectivity index (χ3n) is 2.57. The van der Waals surface area contributed by atoms with E-state index in [0.717, 1.165) is 5.56 Å². The molecular weight excluding hydrogens is 266 g/mol. The fourth-order valence-electron chi connectivity index (χ4n) is 1.55. The zero-order valence-corrected chi connectivity index (χ0v) is 11.2. The van der Waals surface area contributed by atoms with Gasteiger partial charge in [0, 0.05) is 31.9 Å². The van der Waals surface area contributed by atoms with Crippen LogP contribution in [0, 0.1) is 0 Å². The van der Waals surface area contributed by atoms with Crippen LogP contribution in [-0.4, -0.2) is 40.4 Å². The highest BCUT2D eigenvalue weighted by Crippen LogP contribution is 2.27. The highest BCUT2D eigenvalue weighted by Gasteiger charge is 2.14. The van der Waals surface area contributed by atoms with Crippen molar-refractivity contribution in [2.45, 2.75) is 0 Å². The first-order valence-corrected chi connectivity index (χ1v) is 6.33. The number of carbonyl (C=O) groups is 1. The van der Waals surface area contributed by atoms with Gasteiger partial charge in [0.2, 0.25) is 0 Å². The number of rotatable bonds is 4. The van der Waals surface area contributed by atoms with Crippen LogP contribution in [0.1, 0.15) is 0 Å². The minimum atomic E-state index is -0.445. The summed E-state index contributed by atoms with van der Waals surface area (Å²) in [6, 6.07) is 7.22. The number of H-pyrrole nitrogens is 1. The molecule has 0 aliphatic rings. The number of amides is 1. The monoisotopic (exact) mass is 279 g/mol. The van der Waals surface area contributed by atoms with Gasteiger partial charge in [-0.2, -0.15) is 0 Å². The maximum atomic E-state index is 11.8. The van der Waals surface area contributed by atoms with Crippen molar-refractivity contribution in [3.8, 4) is 17.1 Å². The van der Waals surface area contributed by atoms with Crippen LogP contribution >= 0.6 is 11.6 Å². The number of aromatic amines is 1. The van der Waals surface area contributed by atoms with Crippen molar-refractivity contribution in [1.29, 1.82) is 0 Å². The van der Waals surface area contributed by atoms with Crippen molar-refractivity contribution in [2.75, 3.05) is 19.5 Å². The molecule has 1 aromatic heterocycles. The van der Waals surface area contributed by atoms with E-state index in [-0.39, 0.29) is 0 Å². The van der Waals surface area contributed by atoms with Gasteiger partial charge in [-0.3, -0.25) is 0 Å². The molecule has 0 unspecified atom stereocenters. The van der Waals surface area contributed by atoms with E-state index in [1.54, 1.807) is 31.6 Å². The van der Waals surface area contributed by atoms with Gasteiger partial charge in [-0.05, 0) is 12.1 Å². The number of nitrogens with zero attached hydrogens (tertiary/aromatic N) is 2. The normalized spacial score (nSPS) is 10.2. The van der Waals surface area contributed by atoms with E-state index in [0.29, 0.717) is 24.0 Å². The summed E-state index contributed by atoms with van der Waals surface area (Å²) < 4.78 is 5.35. The predicted molar refractivity (Wildman–Crippen MR) is 73.4 cm³/mol. The van der Waals surface area contributed by atoms with Crippen LogP contribution in [0.3, 0.4) is 0 Å². The number of aromatic nitrogens is 2. The molecule has 0 aliphatic heterocycles. The fourth-order valence-corrected chi connectivity index (χ4v) is 1.81. The van der Waals surface area contributed by atoms with E-state index in [4.69, 9.17) is 16.3 Å². The predicted octanol–water partition coefficient (Wildman–Crippen LogP) is 2.75. The van der Waals surface area contributed by atoms with Crippen molar-refractivity contribution < 1.29 is 9.53 Å². The lowest BCUT2D eigenvalue weighted by Crippen LogP contribution is -2.31. The maximum absolute atomic E-state index is 11.8. The molecule has 0 aliphatic carbocycles. The van der Waals surface area contributed by atoms with Crippen LogP contribution in [0.2, 0.25) is 0 Å². The Labute approximate surface area is 116 Å². The number of hydrogen-bond donors (Lipinski definition) is 1. The van der Waals surface area contributed by atoms with Gasteiger partial charge in [-0.25, -0.2) is 9.78 Å². The molecule has 100 valence electrons. The van der Waals surface area contributed by atoms with Gasteiger partial charge >= 0.3 is 6.09 Å². The second-order valence-corrected chi connectivity index (χ2v) is 4.29. The van der Waals surface area contributed by atoms with Crippen LogP contribution in [0.25, 0.3) is 11.4 Å². The quantitative estimate of drug-likeness (QED) is 0.876. The maximum Gasteiger partial charge on any atom is 0.415 e. The fraction of sp³-hybridized carbons (Fsp3) is 0.231. The van der Waals surface area contributed by atoms with Gasteiger partial charge in [-0.15, -0.1) is 11.6 Å². The number of alkyl halides is 1. The van der Waals surface area contributed by atoms with Gasteiger partial charge in [0.15, 0.2) is 0 Å². The summed E-state index contributed by atoms with van der Waals surface area (Å²) in [4.78, 5) is 20.4. The number of para-hydroxylation sites is 1. The third-order valence-corrected chi connectivity index (χ3v) is 2.74. The highest BCUT2D eigenvalue weighted by atomic mass is 35.5. The molecule has 2 rings (SSSR count). The topological polar surface area (TPSA) is 58.2 Å². The first-order valence-electron chi connectivity index (χ1n) is 5.80. The molecule has 0 spiro atoms. The minimum Gasteiger partial charge on any atom is -0.409 e. The van der Waals surface area contributed by atoms with Gasteiger partial charge in [0.1, 0.15) is 11.6 Å². The summed E-state index contributed by atoms with van der Waals surface area (Å²) in [6.45, 7) is 0.434. The average Bonchev–Trinajstić information content (AvgIpc) is 2.93. The molecule has 0 bridgehead atoms. The summed E-state index contributed by atoms with van der Waals surface area (Å²) in [6.07, 6.45) is 2.92. The first kappa shape index (κ1) is 13.4. The molecule has 1 N–H and O–H groups in total. The molecule has 1 aromatic carbocycles. The van der Waals surface area contributed by atoms with Crippen LogP contribution < -0.4 is 4.74 Å². The standard InChI is InChI=1S/C13H14ClN3O2/c1-17(9-6-14)13(18)19-11-5-3-2-4-10(11)12-15-7-8-16-12/h2-5,7-8H,6,9H2,1H3,(H,15,16). The molecule has 6 heteroatoms. The van der Waals surface area contributed by atoms with Gasteiger partial charge < -0.3 is 14.6 Å². The molecule has 0 radical (unpaired) electrons.